The SMILES string of the molecule is COC1CN(c2c(Cl)cc(N)cc2C(=O)O)CC1OC. The van der Waals surface area contributed by atoms with E-state index < -0.39 is 5.97 Å². The third-order valence-electron chi connectivity index (χ3n) is 3.45. The molecule has 2 unspecified atom stereocenters. The molecule has 0 saturated carbocycles. The number of nitrogens with zero attached hydrogens (tertiary/aromatic N) is 1. The Morgan fingerprint density at radius 1 is 1.35 bits per heavy atom. The molecule has 2 rings (SSSR count). The molecular weight excluding hydrogens is 284 g/mol. The average Bonchev–Trinajstić information content (AvgIpc) is 2.80. The zero-order chi connectivity index (χ0) is 14.9. The molecule has 1 aliphatic heterocycles. The van der Waals surface area contributed by atoms with Crippen molar-refractivity contribution >= 4 is 28.9 Å². The van der Waals surface area contributed by atoms with E-state index in [-0.39, 0.29) is 17.8 Å². The van der Waals surface area contributed by atoms with Crippen molar-refractivity contribution in [3.05, 3.63) is 22.7 Å². The number of nitrogen functional groups attached to an aromatic ring is 1. The molecule has 0 bridgehead atoms. The fourth-order valence-electron chi connectivity index (χ4n) is 2.48. The van der Waals surface area contributed by atoms with Crippen LogP contribution in [0.3, 0.4) is 0 Å². The lowest BCUT2D eigenvalue weighted by Crippen LogP contribution is -2.27. The van der Waals surface area contributed by atoms with E-state index in [4.69, 9.17) is 26.8 Å². The molecule has 0 aromatic heterocycles. The quantitative estimate of drug-likeness (QED) is 0.819. The Morgan fingerprint density at radius 2 is 1.90 bits per heavy atom. The Balaban J connectivity index is 2.41. The van der Waals surface area contributed by atoms with Crippen LogP contribution in [0.25, 0.3) is 0 Å². The number of hydrogen-bond donors (Lipinski definition) is 2. The summed E-state index contributed by atoms with van der Waals surface area (Å²) < 4.78 is 10.7. The molecule has 0 spiro atoms. The molecule has 6 nitrogen and oxygen atoms in total. The first-order valence-corrected chi connectivity index (χ1v) is 6.48. The van der Waals surface area contributed by atoms with Gasteiger partial charge in [0.05, 0.1) is 16.3 Å². The molecule has 0 radical (unpaired) electrons. The van der Waals surface area contributed by atoms with Crippen molar-refractivity contribution in [1.82, 2.24) is 0 Å². The average molecular weight is 301 g/mol. The molecule has 0 aliphatic carbocycles. The number of benzene rings is 1. The zero-order valence-electron chi connectivity index (χ0n) is 11.3. The minimum atomic E-state index is -1.07. The van der Waals surface area contributed by atoms with Crippen LogP contribution in [0.4, 0.5) is 11.4 Å². The second-order valence-electron chi connectivity index (χ2n) is 4.66. The summed E-state index contributed by atoms with van der Waals surface area (Å²) in [7, 11) is 3.20. The molecule has 1 heterocycles. The van der Waals surface area contributed by atoms with E-state index in [0.29, 0.717) is 29.5 Å². The smallest absolute Gasteiger partial charge is 0.337 e. The Bertz CT molecular complexity index is 511. The minimum absolute atomic E-state index is 0.0848. The largest absolute Gasteiger partial charge is 0.478 e. The van der Waals surface area contributed by atoms with Crippen molar-refractivity contribution in [3.63, 3.8) is 0 Å². The van der Waals surface area contributed by atoms with E-state index in [1.807, 2.05) is 4.90 Å². The second kappa shape index (κ2) is 5.87. The van der Waals surface area contributed by atoms with Crippen LogP contribution < -0.4 is 10.6 Å². The number of nitrogens with two attached hydrogens (primary N) is 1. The van der Waals surface area contributed by atoms with E-state index in [1.165, 1.54) is 6.07 Å². The molecule has 1 aromatic carbocycles. The number of rotatable bonds is 4. The number of hydrogen-bond acceptors (Lipinski definition) is 5. The number of methoxy groups -OCH3 is 2. The number of aromatic carboxylic acids is 1. The van der Waals surface area contributed by atoms with Gasteiger partial charge in [0.1, 0.15) is 12.2 Å². The highest BCUT2D eigenvalue weighted by Crippen LogP contribution is 2.35. The standard InChI is InChI=1S/C13H17ClN2O4/c1-19-10-5-16(6-11(10)20-2)12-8(13(17)18)3-7(15)4-9(12)14/h3-4,10-11H,5-6,15H2,1-2H3,(H,17,18). The first-order chi connectivity index (χ1) is 9.47. The fraction of sp³-hybridized carbons (Fsp3) is 0.462. The lowest BCUT2D eigenvalue weighted by molar-refractivity contribution is -0.00461. The number of carboxylic acids is 1. The number of anilines is 2. The van der Waals surface area contributed by atoms with Gasteiger partial charge in [-0.25, -0.2) is 4.79 Å². The van der Waals surface area contributed by atoms with E-state index >= 15 is 0 Å². The number of carbonyl (C=O) groups is 1. The molecule has 1 saturated heterocycles. The minimum Gasteiger partial charge on any atom is -0.478 e. The van der Waals surface area contributed by atoms with Gasteiger partial charge in [-0.15, -0.1) is 0 Å². The van der Waals surface area contributed by atoms with E-state index in [9.17, 15) is 9.90 Å². The maximum absolute atomic E-state index is 11.4. The maximum atomic E-state index is 11.4. The summed E-state index contributed by atoms with van der Waals surface area (Å²) in [5.41, 5.74) is 6.52. The second-order valence-corrected chi connectivity index (χ2v) is 5.06. The van der Waals surface area contributed by atoms with Crippen molar-refractivity contribution in [1.29, 1.82) is 0 Å². The predicted molar refractivity (Wildman–Crippen MR) is 76.6 cm³/mol. The van der Waals surface area contributed by atoms with Gasteiger partial charge in [-0.3, -0.25) is 0 Å². The normalized spacial score (nSPS) is 22.2. The van der Waals surface area contributed by atoms with Gasteiger partial charge in [0.2, 0.25) is 0 Å². The monoisotopic (exact) mass is 300 g/mol. The number of carboxylic acid groups (broad SMARTS) is 1. The molecule has 20 heavy (non-hydrogen) atoms. The molecule has 0 amide bonds. The lowest BCUT2D eigenvalue weighted by Gasteiger charge is -2.22. The molecule has 1 fully saturated rings. The fourth-order valence-corrected chi connectivity index (χ4v) is 2.83. The highest BCUT2D eigenvalue weighted by Gasteiger charge is 2.35. The predicted octanol–water partition coefficient (Wildman–Crippen LogP) is 1.47. The van der Waals surface area contributed by atoms with Crippen LogP contribution in [-0.2, 0) is 9.47 Å². The lowest BCUT2D eigenvalue weighted by atomic mass is 10.1. The van der Waals surface area contributed by atoms with Crippen molar-refractivity contribution in [2.75, 3.05) is 37.9 Å². The van der Waals surface area contributed by atoms with Crippen molar-refractivity contribution in [2.45, 2.75) is 12.2 Å². The first-order valence-electron chi connectivity index (χ1n) is 6.10. The molecule has 3 N–H and O–H groups in total. The summed E-state index contributed by atoms with van der Waals surface area (Å²) in [4.78, 5) is 13.2. The third-order valence-corrected chi connectivity index (χ3v) is 3.74. The van der Waals surface area contributed by atoms with Crippen molar-refractivity contribution in [2.24, 2.45) is 0 Å². The number of halogens is 1. The molecule has 110 valence electrons. The van der Waals surface area contributed by atoms with Crippen LogP contribution in [0.5, 0.6) is 0 Å². The van der Waals surface area contributed by atoms with Crippen molar-refractivity contribution < 1.29 is 19.4 Å². The summed E-state index contributed by atoms with van der Waals surface area (Å²) in [6.45, 7) is 1.03. The van der Waals surface area contributed by atoms with E-state index in [2.05, 4.69) is 0 Å². The van der Waals surface area contributed by atoms with Gasteiger partial charge in [0.25, 0.3) is 0 Å². The molecule has 2 atom stereocenters. The van der Waals surface area contributed by atoms with Gasteiger partial charge in [0.15, 0.2) is 0 Å². The maximum Gasteiger partial charge on any atom is 0.337 e. The zero-order valence-corrected chi connectivity index (χ0v) is 12.1. The summed E-state index contributed by atoms with van der Waals surface area (Å²) in [5.74, 6) is -1.07. The first kappa shape index (κ1) is 14.9. The van der Waals surface area contributed by atoms with Crippen LogP contribution >= 0.6 is 11.6 Å². The summed E-state index contributed by atoms with van der Waals surface area (Å²) >= 11 is 6.17. The Hall–Kier alpha value is -1.50. The summed E-state index contributed by atoms with van der Waals surface area (Å²) in [6, 6.07) is 2.96. The highest BCUT2D eigenvalue weighted by molar-refractivity contribution is 6.34. The van der Waals surface area contributed by atoms with Crippen LogP contribution in [0.15, 0.2) is 12.1 Å². The Kier molecular flexibility index (Phi) is 4.37. The van der Waals surface area contributed by atoms with E-state index in [0.717, 1.165) is 0 Å². The van der Waals surface area contributed by atoms with Gasteiger partial charge in [-0.05, 0) is 12.1 Å². The van der Waals surface area contributed by atoms with Crippen LogP contribution in [-0.4, -0.2) is 50.6 Å². The van der Waals surface area contributed by atoms with Gasteiger partial charge in [-0.1, -0.05) is 11.6 Å². The molecule has 1 aromatic rings. The number of ether oxygens (including phenoxy) is 2. The Labute approximate surface area is 122 Å². The van der Waals surface area contributed by atoms with E-state index in [1.54, 1.807) is 20.3 Å². The topological polar surface area (TPSA) is 85.0 Å². The summed E-state index contributed by atoms with van der Waals surface area (Å²) in [5, 5.41) is 9.63. The van der Waals surface area contributed by atoms with Crippen LogP contribution in [0.1, 0.15) is 10.4 Å². The van der Waals surface area contributed by atoms with Gasteiger partial charge in [0, 0.05) is 33.0 Å². The van der Waals surface area contributed by atoms with Crippen LogP contribution in [0, 0.1) is 0 Å². The molecule has 1 aliphatic rings. The summed E-state index contributed by atoms with van der Waals surface area (Å²) in [6.07, 6.45) is -0.259. The van der Waals surface area contributed by atoms with Crippen molar-refractivity contribution in [3.8, 4) is 0 Å². The highest BCUT2D eigenvalue weighted by atomic mass is 35.5. The van der Waals surface area contributed by atoms with Gasteiger partial charge >= 0.3 is 5.97 Å². The van der Waals surface area contributed by atoms with Gasteiger partial charge in [-0.2, -0.15) is 0 Å². The third kappa shape index (κ3) is 2.67. The van der Waals surface area contributed by atoms with Crippen LogP contribution in [0.2, 0.25) is 5.02 Å². The van der Waals surface area contributed by atoms with Gasteiger partial charge < -0.3 is 25.2 Å². The molecule has 7 heteroatoms. The molecular formula is C13H17ClN2O4. The Morgan fingerprint density at radius 3 is 2.35 bits per heavy atom.